The second-order valence-electron chi connectivity index (χ2n) is 9.71. The van der Waals surface area contributed by atoms with Crippen LogP contribution in [-0.4, -0.2) is 47.5 Å². The quantitative estimate of drug-likeness (QED) is 0.648. The third-order valence-electron chi connectivity index (χ3n) is 7.49. The van der Waals surface area contributed by atoms with E-state index in [4.69, 9.17) is 11.6 Å². The van der Waals surface area contributed by atoms with Crippen molar-refractivity contribution in [2.75, 3.05) is 19.6 Å². The van der Waals surface area contributed by atoms with E-state index in [-0.39, 0.29) is 11.4 Å². The lowest BCUT2D eigenvalue weighted by Gasteiger charge is -2.62. The minimum absolute atomic E-state index is 0.162. The second kappa shape index (κ2) is 8.85. The van der Waals surface area contributed by atoms with Gasteiger partial charge in [-0.1, -0.05) is 49.4 Å². The standard InChI is InChI=1S/C24H36ClN3O/c1-18(2)28-17-24(22(28)19-9-11-20(25)12-10-19)13-15-27(16-14-24)23(29)26-21-7-5-3-4-6-8-21/h9-12,18,21-22H,3-8,13-17H2,1-2H3,(H,26,29). The van der Waals surface area contributed by atoms with Crippen LogP contribution in [0.1, 0.15) is 76.8 Å². The molecule has 1 spiro atoms. The first-order chi connectivity index (χ1) is 14.0. The van der Waals surface area contributed by atoms with Crippen LogP contribution in [0.3, 0.4) is 0 Å². The smallest absolute Gasteiger partial charge is 0.317 e. The summed E-state index contributed by atoms with van der Waals surface area (Å²) in [6, 6.07) is 9.90. The van der Waals surface area contributed by atoms with Crippen LogP contribution in [0.4, 0.5) is 4.79 Å². The van der Waals surface area contributed by atoms with Crippen LogP contribution in [-0.2, 0) is 0 Å². The molecule has 1 N–H and O–H groups in total. The summed E-state index contributed by atoms with van der Waals surface area (Å²) in [6.45, 7) is 7.44. The fraction of sp³-hybridized carbons (Fsp3) is 0.708. The Morgan fingerprint density at radius 1 is 1.07 bits per heavy atom. The number of hydrogen-bond acceptors (Lipinski definition) is 2. The molecular weight excluding hydrogens is 382 g/mol. The van der Waals surface area contributed by atoms with Crippen LogP contribution in [0.25, 0.3) is 0 Å². The second-order valence-corrected chi connectivity index (χ2v) is 10.1. The number of likely N-dealkylation sites (tertiary alicyclic amines) is 2. The Morgan fingerprint density at radius 2 is 1.69 bits per heavy atom. The molecule has 2 saturated heterocycles. The van der Waals surface area contributed by atoms with Gasteiger partial charge in [0, 0.05) is 48.2 Å². The summed E-state index contributed by atoms with van der Waals surface area (Å²) in [5.41, 5.74) is 1.66. The van der Waals surface area contributed by atoms with Crippen LogP contribution >= 0.6 is 11.6 Å². The highest BCUT2D eigenvalue weighted by Gasteiger charge is 2.54. The van der Waals surface area contributed by atoms with Crippen LogP contribution in [0.15, 0.2) is 24.3 Å². The van der Waals surface area contributed by atoms with Gasteiger partial charge in [0.25, 0.3) is 0 Å². The SMILES string of the molecule is CC(C)N1CC2(CCN(C(=O)NC3CCCCCC3)CC2)C1c1ccc(Cl)cc1. The normalized spacial score (nSPS) is 25.7. The molecule has 1 aliphatic carbocycles. The van der Waals surface area contributed by atoms with Crippen molar-refractivity contribution in [1.82, 2.24) is 15.1 Å². The highest BCUT2D eigenvalue weighted by atomic mass is 35.5. The molecule has 3 aliphatic rings. The molecule has 0 aromatic heterocycles. The number of rotatable bonds is 3. The van der Waals surface area contributed by atoms with Gasteiger partial charge in [-0.3, -0.25) is 4.90 Å². The third-order valence-corrected chi connectivity index (χ3v) is 7.74. The van der Waals surface area contributed by atoms with Gasteiger partial charge in [-0.15, -0.1) is 0 Å². The summed E-state index contributed by atoms with van der Waals surface area (Å²) in [6.07, 6.45) is 9.60. The molecule has 0 bridgehead atoms. The number of amides is 2. The maximum Gasteiger partial charge on any atom is 0.317 e. The van der Waals surface area contributed by atoms with Crippen molar-refractivity contribution in [1.29, 1.82) is 0 Å². The van der Waals surface area contributed by atoms with Crippen LogP contribution in [0, 0.1) is 5.41 Å². The molecule has 2 aliphatic heterocycles. The van der Waals surface area contributed by atoms with Crippen molar-refractivity contribution in [3.05, 3.63) is 34.9 Å². The van der Waals surface area contributed by atoms with Gasteiger partial charge in [-0.2, -0.15) is 0 Å². The Labute approximate surface area is 181 Å². The van der Waals surface area contributed by atoms with Gasteiger partial charge in [0.05, 0.1) is 0 Å². The average Bonchev–Trinajstić information content (AvgIpc) is 2.97. The molecule has 2 amide bonds. The Kier molecular flexibility index (Phi) is 6.41. The van der Waals surface area contributed by atoms with E-state index in [1.807, 2.05) is 12.1 Å². The molecule has 5 heteroatoms. The van der Waals surface area contributed by atoms with Crippen molar-refractivity contribution in [2.24, 2.45) is 5.41 Å². The van der Waals surface area contributed by atoms with E-state index in [2.05, 4.69) is 41.1 Å². The number of piperidine rings is 1. The molecule has 4 rings (SSSR count). The van der Waals surface area contributed by atoms with Crippen molar-refractivity contribution in [2.45, 2.75) is 83.3 Å². The van der Waals surface area contributed by atoms with Crippen molar-refractivity contribution in [3.8, 4) is 0 Å². The largest absolute Gasteiger partial charge is 0.335 e. The lowest BCUT2D eigenvalue weighted by atomic mass is 9.62. The summed E-state index contributed by atoms with van der Waals surface area (Å²) in [5.74, 6) is 0. The molecule has 1 saturated carbocycles. The molecule has 1 aromatic carbocycles. The Bertz CT molecular complexity index is 689. The van der Waals surface area contributed by atoms with Gasteiger partial charge in [0.2, 0.25) is 0 Å². The number of nitrogens with one attached hydrogen (secondary N) is 1. The van der Waals surface area contributed by atoms with Gasteiger partial charge in [0.15, 0.2) is 0 Å². The highest BCUT2D eigenvalue weighted by Crippen LogP contribution is 2.55. The van der Waals surface area contributed by atoms with Gasteiger partial charge in [-0.05, 0) is 57.2 Å². The zero-order chi connectivity index (χ0) is 20.4. The lowest BCUT2D eigenvalue weighted by Crippen LogP contribution is -2.64. The monoisotopic (exact) mass is 417 g/mol. The number of benzene rings is 1. The molecule has 0 radical (unpaired) electrons. The van der Waals surface area contributed by atoms with Crippen LogP contribution in [0.2, 0.25) is 5.02 Å². The molecule has 29 heavy (non-hydrogen) atoms. The number of carbonyl (C=O) groups is 1. The predicted octanol–water partition coefficient (Wildman–Crippen LogP) is 5.62. The Hall–Kier alpha value is -1.26. The fourth-order valence-electron chi connectivity index (χ4n) is 5.73. The third kappa shape index (κ3) is 4.44. The first-order valence-electron chi connectivity index (χ1n) is 11.6. The molecule has 4 nitrogen and oxygen atoms in total. The van der Waals surface area contributed by atoms with E-state index in [1.54, 1.807) is 0 Å². The Morgan fingerprint density at radius 3 is 2.28 bits per heavy atom. The summed E-state index contributed by atoms with van der Waals surface area (Å²) in [5, 5.41) is 4.12. The average molecular weight is 418 g/mol. The minimum Gasteiger partial charge on any atom is -0.335 e. The highest BCUT2D eigenvalue weighted by molar-refractivity contribution is 6.30. The summed E-state index contributed by atoms with van der Waals surface area (Å²) >= 11 is 6.13. The summed E-state index contributed by atoms with van der Waals surface area (Å²) in [4.78, 5) is 17.5. The number of hydrogen-bond donors (Lipinski definition) is 1. The first kappa shape index (κ1) is 21.0. The maximum atomic E-state index is 12.8. The van der Waals surface area contributed by atoms with Crippen LogP contribution < -0.4 is 5.32 Å². The minimum atomic E-state index is 0.162. The lowest BCUT2D eigenvalue weighted by molar-refractivity contribution is -0.123. The molecular formula is C24H36ClN3O. The summed E-state index contributed by atoms with van der Waals surface area (Å²) in [7, 11) is 0. The molecule has 1 atom stereocenters. The van der Waals surface area contributed by atoms with E-state index in [0.717, 1.165) is 50.3 Å². The van der Waals surface area contributed by atoms with E-state index >= 15 is 0 Å². The number of urea groups is 1. The van der Waals surface area contributed by atoms with E-state index in [9.17, 15) is 4.79 Å². The fourth-order valence-corrected chi connectivity index (χ4v) is 5.85. The zero-order valence-corrected chi connectivity index (χ0v) is 18.8. The molecule has 1 aromatic rings. The molecule has 3 fully saturated rings. The van der Waals surface area contributed by atoms with E-state index in [0.29, 0.717) is 18.1 Å². The molecule has 2 heterocycles. The molecule has 1 unspecified atom stereocenters. The van der Waals surface area contributed by atoms with E-state index < -0.39 is 0 Å². The zero-order valence-electron chi connectivity index (χ0n) is 18.0. The number of nitrogens with zero attached hydrogens (tertiary/aromatic N) is 2. The van der Waals surface area contributed by atoms with Gasteiger partial charge in [0.1, 0.15) is 0 Å². The van der Waals surface area contributed by atoms with Gasteiger partial charge < -0.3 is 10.2 Å². The Balaban J connectivity index is 1.39. The van der Waals surface area contributed by atoms with E-state index in [1.165, 1.54) is 31.2 Å². The summed E-state index contributed by atoms with van der Waals surface area (Å²) < 4.78 is 0. The molecule has 160 valence electrons. The number of halogens is 1. The van der Waals surface area contributed by atoms with Crippen molar-refractivity contribution < 1.29 is 4.79 Å². The van der Waals surface area contributed by atoms with Crippen LogP contribution in [0.5, 0.6) is 0 Å². The maximum absolute atomic E-state index is 12.8. The number of carbonyl (C=O) groups excluding carboxylic acids is 1. The topological polar surface area (TPSA) is 35.6 Å². The van der Waals surface area contributed by atoms with Gasteiger partial charge >= 0.3 is 6.03 Å². The van der Waals surface area contributed by atoms with Crippen molar-refractivity contribution >= 4 is 17.6 Å². The first-order valence-corrected chi connectivity index (χ1v) is 11.9. The van der Waals surface area contributed by atoms with Crippen molar-refractivity contribution in [3.63, 3.8) is 0 Å². The predicted molar refractivity (Wildman–Crippen MR) is 119 cm³/mol. The van der Waals surface area contributed by atoms with Gasteiger partial charge in [-0.25, -0.2) is 4.79 Å².